The topological polar surface area (TPSA) is 85.4 Å². The van der Waals surface area contributed by atoms with Crippen molar-refractivity contribution in [3.05, 3.63) is 47.7 Å². The lowest BCUT2D eigenvalue weighted by atomic mass is 10.2. The number of hydrogen-bond donors (Lipinski definition) is 1. The van der Waals surface area contributed by atoms with Crippen molar-refractivity contribution in [2.24, 2.45) is 0 Å². The van der Waals surface area contributed by atoms with Crippen molar-refractivity contribution in [1.82, 2.24) is 9.36 Å². The summed E-state index contributed by atoms with van der Waals surface area (Å²) in [6.07, 6.45) is 1.33. The predicted molar refractivity (Wildman–Crippen MR) is 78.8 cm³/mol. The highest BCUT2D eigenvalue weighted by Gasteiger charge is 2.04. The van der Waals surface area contributed by atoms with Crippen LogP contribution in [0.4, 0.5) is 5.13 Å². The summed E-state index contributed by atoms with van der Waals surface area (Å²) in [6.45, 7) is 0. The molecule has 1 aromatic heterocycles. The lowest BCUT2D eigenvalue weighted by Gasteiger charge is -1.96. The second kappa shape index (κ2) is 7.29. The van der Waals surface area contributed by atoms with Gasteiger partial charge in [-0.2, -0.15) is 19.9 Å². The fourth-order valence-corrected chi connectivity index (χ4v) is 2.74. The van der Waals surface area contributed by atoms with E-state index in [2.05, 4.69) is 14.7 Å². The van der Waals surface area contributed by atoms with E-state index in [1.54, 1.807) is 12.1 Å². The van der Waals surface area contributed by atoms with E-state index in [1.165, 1.54) is 35.1 Å². The molecular weight excluding hydrogens is 290 g/mol. The average molecular weight is 299 g/mol. The van der Waals surface area contributed by atoms with Crippen LogP contribution in [0.2, 0.25) is 0 Å². The standard InChI is InChI=1S/C13H9N5S2/c14-6-11(7-15)8-16-12-17-13(18-20-12)19-9-10-4-2-1-3-5-10/h1-5,8H,9H2,(H,16,17,18). The van der Waals surface area contributed by atoms with E-state index in [-0.39, 0.29) is 5.57 Å². The summed E-state index contributed by atoms with van der Waals surface area (Å²) in [5.41, 5.74) is 1.21. The Bertz CT molecular complexity index is 663. The number of thioether (sulfide) groups is 1. The Hall–Kier alpha value is -2.35. The van der Waals surface area contributed by atoms with Crippen LogP contribution in [0.1, 0.15) is 5.56 Å². The molecule has 0 atom stereocenters. The largest absolute Gasteiger partial charge is 0.335 e. The molecule has 0 aliphatic carbocycles. The van der Waals surface area contributed by atoms with Gasteiger partial charge >= 0.3 is 0 Å². The molecule has 20 heavy (non-hydrogen) atoms. The van der Waals surface area contributed by atoms with Crippen molar-refractivity contribution < 1.29 is 0 Å². The van der Waals surface area contributed by atoms with Gasteiger partial charge in [0.15, 0.2) is 0 Å². The van der Waals surface area contributed by atoms with Gasteiger partial charge < -0.3 is 5.32 Å². The summed E-state index contributed by atoms with van der Waals surface area (Å²) in [7, 11) is 0. The Labute approximate surface area is 124 Å². The van der Waals surface area contributed by atoms with E-state index < -0.39 is 0 Å². The number of nitrogens with zero attached hydrogens (tertiary/aromatic N) is 4. The molecule has 0 radical (unpaired) electrons. The third-order valence-electron chi connectivity index (χ3n) is 2.20. The van der Waals surface area contributed by atoms with Crippen molar-refractivity contribution in [3.8, 4) is 12.1 Å². The summed E-state index contributed by atoms with van der Waals surface area (Å²) in [5.74, 6) is 0.800. The van der Waals surface area contributed by atoms with E-state index in [0.29, 0.717) is 10.3 Å². The monoisotopic (exact) mass is 299 g/mol. The quantitative estimate of drug-likeness (QED) is 0.674. The number of hydrogen-bond acceptors (Lipinski definition) is 7. The molecule has 5 nitrogen and oxygen atoms in total. The van der Waals surface area contributed by atoms with Crippen molar-refractivity contribution in [2.45, 2.75) is 10.9 Å². The molecule has 0 saturated carbocycles. The van der Waals surface area contributed by atoms with E-state index in [0.717, 1.165) is 5.75 Å². The van der Waals surface area contributed by atoms with Crippen molar-refractivity contribution in [1.29, 1.82) is 10.5 Å². The van der Waals surface area contributed by atoms with E-state index in [1.807, 2.05) is 30.3 Å². The third-order valence-corrected chi connectivity index (χ3v) is 3.88. The maximum absolute atomic E-state index is 8.60. The van der Waals surface area contributed by atoms with Gasteiger partial charge in [0.25, 0.3) is 0 Å². The third kappa shape index (κ3) is 4.09. The lowest BCUT2D eigenvalue weighted by molar-refractivity contribution is 1.08. The van der Waals surface area contributed by atoms with Crippen LogP contribution in [-0.2, 0) is 5.75 Å². The fourth-order valence-electron chi connectivity index (χ4n) is 1.27. The van der Waals surface area contributed by atoms with Gasteiger partial charge in [0, 0.05) is 23.5 Å². The Balaban J connectivity index is 1.92. The molecule has 1 aromatic carbocycles. The minimum Gasteiger partial charge on any atom is -0.335 e. The summed E-state index contributed by atoms with van der Waals surface area (Å²) in [6, 6.07) is 13.6. The molecule has 0 unspecified atom stereocenters. The minimum absolute atomic E-state index is 0.00121. The van der Waals surface area contributed by atoms with Crippen LogP contribution >= 0.6 is 23.3 Å². The number of allylic oxidation sites excluding steroid dienone is 1. The molecule has 0 saturated heterocycles. The molecule has 1 heterocycles. The molecule has 0 aliphatic rings. The number of nitriles is 2. The zero-order valence-corrected chi connectivity index (χ0v) is 11.9. The van der Waals surface area contributed by atoms with Gasteiger partial charge in [-0.05, 0) is 5.56 Å². The number of aromatic nitrogens is 2. The molecule has 2 aromatic rings. The van der Waals surface area contributed by atoms with Crippen LogP contribution in [0, 0.1) is 22.7 Å². The van der Waals surface area contributed by atoms with Crippen LogP contribution < -0.4 is 5.32 Å². The van der Waals surface area contributed by atoms with Crippen LogP contribution in [0.15, 0.2) is 47.3 Å². The van der Waals surface area contributed by atoms with Crippen molar-refractivity contribution in [2.75, 3.05) is 5.32 Å². The molecule has 0 spiro atoms. The Morgan fingerprint density at radius 2 is 2.05 bits per heavy atom. The first kappa shape index (κ1) is 14.1. The number of benzene rings is 1. The molecular formula is C13H9N5S2. The van der Waals surface area contributed by atoms with Crippen LogP contribution in [0.25, 0.3) is 0 Å². The molecule has 7 heteroatoms. The molecule has 0 amide bonds. The van der Waals surface area contributed by atoms with E-state index in [4.69, 9.17) is 10.5 Å². The first-order valence-electron chi connectivity index (χ1n) is 5.59. The maximum atomic E-state index is 8.60. The van der Waals surface area contributed by atoms with Crippen LogP contribution in [0.5, 0.6) is 0 Å². The van der Waals surface area contributed by atoms with Crippen LogP contribution in [-0.4, -0.2) is 9.36 Å². The van der Waals surface area contributed by atoms with Gasteiger partial charge in [0.1, 0.15) is 17.7 Å². The lowest BCUT2D eigenvalue weighted by Crippen LogP contribution is -1.88. The maximum Gasteiger partial charge on any atom is 0.207 e. The highest BCUT2D eigenvalue weighted by Crippen LogP contribution is 2.23. The molecule has 0 bridgehead atoms. The Morgan fingerprint density at radius 1 is 1.30 bits per heavy atom. The van der Waals surface area contributed by atoms with Gasteiger partial charge in [-0.25, -0.2) is 0 Å². The van der Waals surface area contributed by atoms with Crippen molar-refractivity contribution >= 4 is 28.4 Å². The van der Waals surface area contributed by atoms with Gasteiger partial charge in [-0.3, -0.25) is 0 Å². The summed E-state index contributed by atoms with van der Waals surface area (Å²) >= 11 is 2.73. The normalized spacial score (nSPS) is 9.30. The van der Waals surface area contributed by atoms with Gasteiger partial charge in [0.2, 0.25) is 10.3 Å². The first-order valence-corrected chi connectivity index (χ1v) is 7.35. The van der Waals surface area contributed by atoms with E-state index >= 15 is 0 Å². The highest BCUT2D eigenvalue weighted by atomic mass is 32.2. The zero-order valence-electron chi connectivity index (χ0n) is 10.3. The van der Waals surface area contributed by atoms with Crippen molar-refractivity contribution in [3.63, 3.8) is 0 Å². The summed E-state index contributed by atoms with van der Waals surface area (Å²) < 4.78 is 4.20. The Morgan fingerprint density at radius 3 is 2.75 bits per heavy atom. The second-order valence-electron chi connectivity index (χ2n) is 3.58. The second-order valence-corrected chi connectivity index (χ2v) is 5.28. The summed E-state index contributed by atoms with van der Waals surface area (Å²) in [4.78, 5) is 4.26. The predicted octanol–water partition coefficient (Wildman–Crippen LogP) is 3.17. The molecule has 0 fully saturated rings. The van der Waals surface area contributed by atoms with Gasteiger partial charge in [-0.15, -0.1) is 0 Å². The average Bonchev–Trinajstić information content (AvgIpc) is 2.95. The smallest absolute Gasteiger partial charge is 0.207 e. The number of rotatable bonds is 5. The molecule has 0 aliphatic heterocycles. The van der Waals surface area contributed by atoms with Gasteiger partial charge in [0.05, 0.1) is 0 Å². The number of anilines is 1. The minimum atomic E-state index is -0.00121. The Kier molecular flexibility index (Phi) is 5.13. The molecule has 2 rings (SSSR count). The van der Waals surface area contributed by atoms with Crippen LogP contribution in [0.3, 0.4) is 0 Å². The zero-order chi connectivity index (χ0) is 14.2. The highest BCUT2D eigenvalue weighted by molar-refractivity contribution is 7.98. The fraction of sp³-hybridized carbons (Fsp3) is 0.0769. The SMILES string of the molecule is N#CC(C#N)=CNc1nc(SCc2ccccc2)ns1. The van der Waals surface area contributed by atoms with E-state index in [9.17, 15) is 0 Å². The first-order chi connectivity index (χ1) is 9.81. The molecule has 98 valence electrons. The van der Waals surface area contributed by atoms with Gasteiger partial charge in [-0.1, -0.05) is 42.1 Å². The molecule has 1 N–H and O–H groups in total. The summed E-state index contributed by atoms with van der Waals surface area (Å²) in [5, 5.41) is 21.2. The number of nitrogens with one attached hydrogen (secondary N) is 1.